The van der Waals surface area contributed by atoms with Gasteiger partial charge < -0.3 is 4.84 Å². The monoisotopic (exact) mass is 455 g/mol. The van der Waals surface area contributed by atoms with Crippen LogP contribution in [0.2, 0.25) is 5.02 Å². The second-order valence-electron chi connectivity index (χ2n) is 8.61. The average Bonchev–Trinajstić information content (AvgIpc) is 3.50. The van der Waals surface area contributed by atoms with Gasteiger partial charge in [0.2, 0.25) is 11.8 Å². The summed E-state index contributed by atoms with van der Waals surface area (Å²) in [6, 6.07) is 9.95. The molecule has 2 aliphatic heterocycles. The average molecular weight is 456 g/mol. The van der Waals surface area contributed by atoms with Gasteiger partial charge in [-0.2, -0.15) is 0 Å². The molecule has 2 aromatic rings. The van der Waals surface area contributed by atoms with Gasteiger partial charge in [0.05, 0.1) is 33.2 Å². The van der Waals surface area contributed by atoms with E-state index in [1.807, 2.05) is 0 Å². The molecule has 1 saturated heterocycles. The van der Waals surface area contributed by atoms with Crippen molar-refractivity contribution in [1.82, 2.24) is 0 Å². The highest BCUT2D eigenvalue weighted by Gasteiger charge is 2.70. The quantitative estimate of drug-likeness (QED) is 0.400. The minimum atomic E-state index is -0.629. The maximum absolute atomic E-state index is 13.6. The summed E-state index contributed by atoms with van der Waals surface area (Å²) in [6.45, 7) is 0. The summed E-state index contributed by atoms with van der Waals surface area (Å²) in [5.74, 6) is -2.95. The van der Waals surface area contributed by atoms with E-state index >= 15 is 0 Å². The molecule has 2 amide bonds. The number of carbonyl (C=O) groups is 2. The molecular formula is C22H15ClFN3O5. The number of rotatable bonds is 3. The van der Waals surface area contributed by atoms with Crippen molar-refractivity contribution in [3.05, 3.63) is 69.0 Å². The maximum Gasteiger partial charge on any atom is 0.270 e. The second-order valence-corrected chi connectivity index (χ2v) is 9.01. The highest BCUT2D eigenvalue weighted by molar-refractivity contribution is 6.31. The van der Waals surface area contributed by atoms with Crippen LogP contribution in [0.1, 0.15) is 12.0 Å². The Morgan fingerprint density at radius 3 is 2.56 bits per heavy atom. The Labute approximate surface area is 185 Å². The Morgan fingerprint density at radius 2 is 1.84 bits per heavy atom. The van der Waals surface area contributed by atoms with Crippen molar-refractivity contribution in [3.63, 3.8) is 0 Å². The van der Waals surface area contributed by atoms with Crippen molar-refractivity contribution in [2.45, 2.75) is 12.5 Å². The number of anilines is 1. The third-order valence-electron chi connectivity index (χ3n) is 7.20. The van der Waals surface area contributed by atoms with Crippen LogP contribution in [-0.2, 0) is 14.4 Å². The number of non-ortho nitro benzene ring substituents is 1. The van der Waals surface area contributed by atoms with Crippen molar-refractivity contribution in [2.75, 3.05) is 4.90 Å². The van der Waals surface area contributed by atoms with Gasteiger partial charge >= 0.3 is 0 Å². The highest BCUT2D eigenvalue weighted by Crippen LogP contribution is 2.62. The molecule has 4 aliphatic rings. The van der Waals surface area contributed by atoms with E-state index in [0.29, 0.717) is 17.7 Å². The first-order chi connectivity index (χ1) is 15.4. The molecule has 0 aromatic heterocycles. The molecule has 10 heteroatoms. The number of nitrogens with zero attached hydrogens (tertiary/aromatic N) is 3. The summed E-state index contributed by atoms with van der Waals surface area (Å²) in [5, 5.41) is 15.2. The number of hydrogen-bond donors (Lipinski definition) is 0. The molecule has 3 fully saturated rings. The summed E-state index contributed by atoms with van der Waals surface area (Å²) in [5.41, 5.74) is 1.35. The van der Waals surface area contributed by atoms with E-state index in [2.05, 4.69) is 5.16 Å². The fourth-order valence-corrected chi connectivity index (χ4v) is 6.20. The van der Waals surface area contributed by atoms with E-state index in [0.717, 1.165) is 11.0 Å². The van der Waals surface area contributed by atoms with Crippen LogP contribution in [0.5, 0.6) is 0 Å². The largest absolute Gasteiger partial charge is 0.391 e. The number of oxime groups is 1. The van der Waals surface area contributed by atoms with Crippen LogP contribution >= 0.6 is 11.6 Å². The first kappa shape index (κ1) is 19.4. The lowest BCUT2D eigenvalue weighted by molar-refractivity contribution is -0.384. The van der Waals surface area contributed by atoms with Gasteiger partial charge in [0.15, 0.2) is 0 Å². The van der Waals surface area contributed by atoms with Crippen LogP contribution < -0.4 is 4.90 Å². The Morgan fingerprint density at radius 1 is 1.09 bits per heavy atom. The molecule has 32 heavy (non-hydrogen) atoms. The van der Waals surface area contributed by atoms with E-state index in [1.54, 1.807) is 12.1 Å². The lowest BCUT2D eigenvalue weighted by atomic mass is 9.71. The van der Waals surface area contributed by atoms with Crippen molar-refractivity contribution >= 4 is 40.5 Å². The molecule has 2 saturated carbocycles. The Balaban J connectivity index is 1.34. The van der Waals surface area contributed by atoms with Gasteiger partial charge in [0.25, 0.3) is 5.69 Å². The Kier molecular flexibility index (Phi) is 3.98. The predicted molar refractivity (Wildman–Crippen MR) is 110 cm³/mol. The van der Waals surface area contributed by atoms with E-state index in [1.165, 1.54) is 24.3 Å². The number of imide groups is 1. The fraction of sp³-hybridized carbons (Fsp3) is 0.318. The number of carbonyl (C=O) groups excluding carboxylic acids is 2. The standard InChI is InChI=1S/C22H15ClFN3O5/c23-14-7-10(4-5-15(14)24)26-21(28)16-12-8-13(17(16)22(26)29)20-18(12)19(25-32-20)9-2-1-3-11(6-9)27(30)31/h1-7,12-13,16-18,20H,8H2/t12-,13-,16-,17-,18+,20+/m1/s1. The summed E-state index contributed by atoms with van der Waals surface area (Å²) >= 11 is 5.87. The van der Waals surface area contributed by atoms with Gasteiger partial charge in [-0.1, -0.05) is 28.9 Å². The van der Waals surface area contributed by atoms with Crippen LogP contribution in [-0.4, -0.2) is 28.6 Å². The van der Waals surface area contributed by atoms with Gasteiger partial charge in [-0.05, 0) is 30.5 Å². The van der Waals surface area contributed by atoms with E-state index in [4.69, 9.17) is 16.4 Å². The van der Waals surface area contributed by atoms with Crippen molar-refractivity contribution in [1.29, 1.82) is 0 Å². The predicted octanol–water partition coefficient (Wildman–Crippen LogP) is 3.56. The minimum Gasteiger partial charge on any atom is -0.391 e. The summed E-state index contributed by atoms with van der Waals surface area (Å²) in [4.78, 5) is 44.1. The number of amides is 2. The lowest BCUT2D eigenvalue weighted by Gasteiger charge is -2.29. The molecular weight excluding hydrogens is 441 g/mol. The first-order valence-corrected chi connectivity index (χ1v) is 10.6. The van der Waals surface area contributed by atoms with Crippen molar-refractivity contribution < 1.29 is 23.7 Å². The number of halogens is 2. The zero-order valence-electron chi connectivity index (χ0n) is 16.4. The van der Waals surface area contributed by atoms with Crippen LogP contribution in [0.15, 0.2) is 47.6 Å². The second kappa shape index (κ2) is 6.59. The molecule has 2 heterocycles. The SMILES string of the molecule is O=C1[C@@H]2[C@H]3C[C@@H]([C@H]4C(c5cccc([N+](=O)[O-])c5)=NO[C@@H]34)[C@H]2C(=O)N1c1ccc(F)c(Cl)c1. The third-order valence-corrected chi connectivity index (χ3v) is 7.49. The van der Waals surface area contributed by atoms with E-state index in [9.17, 15) is 24.1 Å². The van der Waals surface area contributed by atoms with Crippen LogP contribution in [0, 0.1) is 45.5 Å². The van der Waals surface area contributed by atoms with E-state index < -0.39 is 22.6 Å². The molecule has 162 valence electrons. The van der Waals surface area contributed by atoms with Crippen molar-refractivity contribution in [3.8, 4) is 0 Å². The molecule has 0 N–H and O–H groups in total. The summed E-state index contributed by atoms with van der Waals surface area (Å²) in [6.07, 6.45) is 0.290. The van der Waals surface area contributed by atoms with Gasteiger partial charge in [-0.15, -0.1) is 0 Å². The van der Waals surface area contributed by atoms with Crippen molar-refractivity contribution in [2.24, 2.45) is 34.7 Å². The summed E-state index contributed by atoms with van der Waals surface area (Å²) in [7, 11) is 0. The zero-order chi connectivity index (χ0) is 22.3. The molecule has 6 atom stereocenters. The Hall–Kier alpha value is -3.33. The molecule has 2 aromatic carbocycles. The van der Waals surface area contributed by atoms with Gasteiger partial charge in [-0.25, -0.2) is 9.29 Å². The molecule has 0 spiro atoms. The van der Waals surface area contributed by atoms with E-state index in [-0.39, 0.29) is 52.1 Å². The smallest absolute Gasteiger partial charge is 0.270 e. The van der Waals surface area contributed by atoms with Gasteiger partial charge in [0.1, 0.15) is 11.9 Å². The number of nitro groups is 1. The molecule has 8 nitrogen and oxygen atoms in total. The molecule has 2 aliphatic carbocycles. The number of fused-ring (bicyclic) bond motifs is 8. The normalized spacial score (nSPS) is 32.1. The molecule has 2 bridgehead atoms. The number of hydrogen-bond acceptors (Lipinski definition) is 6. The fourth-order valence-electron chi connectivity index (χ4n) is 6.02. The summed E-state index contributed by atoms with van der Waals surface area (Å²) < 4.78 is 13.6. The highest BCUT2D eigenvalue weighted by atomic mass is 35.5. The molecule has 6 rings (SSSR count). The van der Waals surface area contributed by atoms with Crippen LogP contribution in [0.4, 0.5) is 15.8 Å². The maximum atomic E-state index is 13.6. The van der Waals surface area contributed by atoms with Gasteiger partial charge in [0, 0.05) is 29.5 Å². The third kappa shape index (κ3) is 2.45. The topological polar surface area (TPSA) is 102 Å². The molecule has 0 radical (unpaired) electrons. The first-order valence-electron chi connectivity index (χ1n) is 10.2. The molecule has 0 unspecified atom stereocenters. The minimum absolute atomic E-state index is 0.0545. The van der Waals surface area contributed by atoms with Crippen LogP contribution in [0.3, 0.4) is 0 Å². The Bertz CT molecular complexity index is 1250. The lowest BCUT2D eigenvalue weighted by Crippen LogP contribution is -2.41. The number of benzene rings is 2. The number of nitro benzene ring substituents is 1. The van der Waals surface area contributed by atoms with Crippen LogP contribution in [0.25, 0.3) is 0 Å². The zero-order valence-corrected chi connectivity index (χ0v) is 17.1. The van der Waals surface area contributed by atoms with Gasteiger partial charge in [-0.3, -0.25) is 19.7 Å².